The average molecular weight is 558 g/mol. The summed E-state index contributed by atoms with van der Waals surface area (Å²) in [6.45, 7) is 1.66. The lowest BCUT2D eigenvalue weighted by atomic mass is 9.98. The van der Waals surface area contributed by atoms with E-state index in [0.29, 0.717) is 50.3 Å². The minimum absolute atomic E-state index is 0.139. The molecule has 11 heteroatoms. The number of hydrogen-bond donors (Lipinski definition) is 0. The number of oxazole rings is 1. The van der Waals surface area contributed by atoms with Crippen LogP contribution in [0.4, 0.5) is 13.2 Å². The maximum absolute atomic E-state index is 13.3. The Balaban J connectivity index is 1.74. The van der Waals surface area contributed by atoms with Crippen LogP contribution in [-0.2, 0) is 16.0 Å². The van der Waals surface area contributed by atoms with Crippen molar-refractivity contribution in [2.75, 3.05) is 6.26 Å². The van der Waals surface area contributed by atoms with Crippen molar-refractivity contribution in [2.45, 2.75) is 18.0 Å². The highest BCUT2D eigenvalue weighted by atomic mass is 35.5. The Morgan fingerprint density at radius 3 is 2.26 bits per heavy atom. The molecule has 0 N–H and O–H groups in total. The molecule has 5 rings (SSSR count). The van der Waals surface area contributed by atoms with Gasteiger partial charge in [0.1, 0.15) is 5.69 Å². The minimum atomic E-state index is -4.62. The van der Waals surface area contributed by atoms with Crippen molar-refractivity contribution in [2.24, 2.45) is 0 Å². The van der Waals surface area contributed by atoms with E-state index in [9.17, 15) is 21.6 Å². The van der Waals surface area contributed by atoms with Gasteiger partial charge >= 0.3 is 6.18 Å². The summed E-state index contributed by atoms with van der Waals surface area (Å²) in [6.07, 6.45) is -2.28. The van der Waals surface area contributed by atoms with Crippen LogP contribution in [0.3, 0.4) is 0 Å². The first-order chi connectivity index (χ1) is 17.9. The molecule has 0 aliphatic heterocycles. The van der Waals surface area contributed by atoms with Crippen molar-refractivity contribution < 1.29 is 26.0 Å². The van der Waals surface area contributed by atoms with Crippen molar-refractivity contribution in [1.82, 2.24) is 14.8 Å². The molecule has 2 aromatic heterocycles. The first-order valence-electron chi connectivity index (χ1n) is 11.2. The summed E-state index contributed by atoms with van der Waals surface area (Å²) < 4.78 is 71.3. The Labute approximate surface area is 221 Å². The van der Waals surface area contributed by atoms with Gasteiger partial charge in [-0.3, -0.25) is 0 Å². The molecule has 0 amide bonds. The summed E-state index contributed by atoms with van der Waals surface area (Å²) in [4.78, 5) is 4.66. The number of rotatable bonds is 5. The fourth-order valence-corrected chi connectivity index (χ4v) is 4.82. The van der Waals surface area contributed by atoms with Gasteiger partial charge in [0.2, 0.25) is 0 Å². The Kier molecular flexibility index (Phi) is 6.40. The summed E-state index contributed by atoms with van der Waals surface area (Å²) in [5, 5.41) is 4.27. The Morgan fingerprint density at radius 1 is 0.921 bits per heavy atom. The fraction of sp³-hybridized carbons (Fsp3) is 0.111. The molecule has 0 radical (unpaired) electrons. The molecule has 6 nitrogen and oxygen atoms in total. The quantitative estimate of drug-likeness (QED) is 0.227. The van der Waals surface area contributed by atoms with Crippen LogP contribution < -0.4 is 0 Å². The SMILES string of the molecule is Cc1nc(-c2ccc(Cl)cc2)c(-c2cc(-c3cccc(S(C)(=O)=O)c3)ccc2-n2ccc(C(F)(F)F)n2)o1. The lowest BCUT2D eigenvalue weighted by molar-refractivity contribution is -0.141. The van der Waals surface area contributed by atoms with E-state index in [1.807, 2.05) is 0 Å². The summed E-state index contributed by atoms with van der Waals surface area (Å²) >= 11 is 6.05. The van der Waals surface area contributed by atoms with Gasteiger partial charge in [0.05, 0.1) is 10.6 Å². The molecule has 0 atom stereocenters. The highest BCUT2D eigenvalue weighted by Crippen LogP contribution is 2.39. The number of halogens is 4. The Bertz CT molecular complexity index is 1760. The van der Waals surface area contributed by atoms with Gasteiger partial charge in [-0.05, 0) is 53.6 Å². The standard InChI is InChI=1S/C27H19ClF3N3O3S/c1-16-32-25(17-6-9-20(28)10-7-17)26(37-16)22-15-19(18-4-3-5-21(14-18)38(2,35)36)8-11-23(22)34-13-12-24(33-34)27(29,30)31/h3-15H,1-2H3. The summed E-state index contributed by atoms with van der Waals surface area (Å²) in [7, 11) is -3.46. The molecule has 0 saturated heterocycles. The number of nitrogens with zero attached hydrogens (tertiary/aromatic N) is 3. The molecule has 38 heavy (non-hydrogen) atoms. The predicted octanol–water partition coefficient (Wildman–Crippen LogP) is 7.25. The molecule has 0 bridgehead atoms. The summed E-state index contributed by atoms with van der Waals surface area (Å²) in [5.74, 6) is 0.654. The molecule has 0 fully saturated rings. The number of aromatic nitrogens is 3. The second-order valence-electron chi connectivity index (χ2n) is 8.59. The zero-order valence-corrected chi connectivity index (χ0v) is 21.6. The minimum Gasteiger partial charge on any atom is -0.440 e. The molecule has 5 aromatic rings. The zero-order valence-electron chi connectivity index (χ0n) is 20.0. The van der Waals surface area contributed by atoms with Crippen LogP contribution in [0.5, 0.6) is 0 Å². The van der Waals surface area contributed by atoms with E-state index in [2.05, 4.69) is 10.1 Å². The third-order valence-electron chi connectivity index (χ3n) is 5.81. The van der Waals surface area contributed by atoms with Crippen LogP contribution in [0.1, 0.15) is 11.6 Å². The lowest BCUT2D eigenvalue weighted by Gasteiger charge is -2.13. The molecule has 0 spiro atoms. The monoisotopic (exact) mass is 557 g/mol. The van der Waals surface area contributed by atoms with E-state index >= 15 is 0 Å². The van der Waals surface area contributed by atoms with Gasteiger partial charge in [0.15, 0.2) is 27.2 Å². The maximum Gasteiger partial charge on any atom is 0.435 e. The van der Waals surface area contributed by atoms with Crippen LogP contribution in [0, 0.1) is 6.92 Å². The van der Waals surface area contributed by atoms with E-state index in [1.54, 1.807) is 61.5 Å². The van der Waals surface area contributed by atoms with Gasteiger partial charge in [0.25, 0.3) is 0 Å². The summed E-state index contributed by atoms with van der Waals surface area (Å²) in [6, 6.07) is 19.2. The number of aryl methyl sites for hydroxylation is 1. The van der Waals surface area contributed by atoms with E-state index in [-0.39, 0.29) is 4.90 Å². The second-order valence-corrected chi connectivity index (χ2v) is 11.0. The third kappa shape index (κ3) is 5.09. The smallest absolute Gasteiger partial charge is 0.435 e. The van der Waals surface area contributed by atoms with E-state index in [1.165, 1.54) is 18.3 Å². The van der Waals surface area contributed by atoms with Crippen LogP contribution in [0.2, 0.25) is 5.02 Å². The molecule has 194 valence electrons. The van der Waals surface area contributed by atoms with Crippen LogP contribution in [0.15, 0.2) is 88.3 Å². The van der Waals surface area contributed by atoms with Crippen LogP contribution in [-0.4, -0.2) is 29.4 Å². The normalized spacial score (nSPS) is 12.2. The molecule has 0 aliphatic rings. The van der Waals surface area contributed by atoms with Crippen molar-refractivity contribution in [3.8, 4) is 39.4 Å². The molecule has 0 unspecified atom stereocenters. The van der Waals surface area contributed by atoms with E-state index in [0.717, 1.165) is 17.0 Å². The van der Waals surface area contributed by atoms with Crippen molar-refractivity contribution >= 4 is 21.4 Å². The van der Waals surface area contributed by atoms with Crippen molar-refractivity contribution in [1.29, 1.82) is 0 Å². The highest BCUT2D eigenvalue weighted by Gasteiger charge is 2.34. The summed E-state index contributed by atoms with van der Waals surface area (Å²) in [5.41, 5.74) is 2.05. The number of sulfone groups is 1. The van der Waals surface area contributed by atoms with E-state index < -0.39 is 21.7 Å². The fourth-order valence-electron chi connectivity index (χ4n) is 4.03. The maximum atomic E-state index is 13.3. The van der Waals surface area contributed by atoms with Gasteiger partial charge in [0, 0.05) is 35.5 Å². The molecule has 0 aliphatic carbocycles. The Morgan fingerprint density at radius 2 is 1.61 bits per heavy atom. The molecule has 0 saturated carbocycles. The molecule has 2 heterocycles. The number of benzene rings is 3. The van der Waals surface area contributed by atoms with Crippen LogP contribution >= 0.6 is 11.6 Å². The van der Waals surface area contributed by atoms with Gasteiger partial charge in [-0.25, -0.2) is 18.1 Å². The molecule has 3 aromatic carbocycles. The molecular weight excluding hydrogens is 539 g/mol. The topological polar surface area (TPSA) is 78.0 Å². The largest absolute Gasteiger partial charge is 0.440 e. The van der Waals surface area contributed by atoms with Gasteiger partial charge in [-0.1, -0.05) is 41.9 Å². The van der Waals surface area contributed by atoms with Crippen LogP contribution in [0.25, 0.3) is 39.4 Å². The van der Waals surface area contributed by atoms with Gasteiger partial charge < -0.3 is 4.42 Å². The highest BCUT2D eigenvalue weighted by molar-refractivity contribution is 7.90. The van der Waals surface area contributed by atoms with Gasteiger partial charge in [-0.15, -0.1) is 0 Å². The third-order valence-corrected chi connectivity index (χ3v) is 7.18. The van der Waals surface area contributed by atoms with Gasteiger partial charge in [-0.2, -0.15) is 18.3 Å². The lowest BCUT2D eigenvalue weighted by Crippen LogP contribution is -2.07. The predicted molar refractivity (Wildman–Crippen MR) is 138 cm³/mol. The zero-order chi connectivity index (χ0) is 27.2. The average Bonchev–Trinajstić information content (AvgIpc) is 3.51. The van der Waals surface area contributed by atoms with Crippen molar-refractivity contribution in [3.63, 3.8) is 0 Å². The number of hydrogen-bond acceptors (Lipinski definition) is 5. The first-order valence-corrected chi connectivity index (χ1v) is 13.5. The number of alkyl halides is 3. The van der Waals surface area contributed by atoms with E-state index in [4.69, 9.17) is 16.0 Å². The molecular formula is C27H19ClF3N3O3S. The van der Waals surface area contributed by atoms with Crippen molar-refractivity contribution in [3.05, 3.63) is 95.6 Å². The first kappa shape index (κ1) is 25.7. The Hall–Kier alpha value is -3.89. The second kappa shape index (κ2) is 9.45.